The highest BCUT2D eigenvalue weighted by atomic mass is 79.9. The van der Waals surface area contributed by atoms with Crippen molar-refractivity contribution in [2.45, 2.75) is 18.7 Å². The van der Waals surface area contributed by atoms with Crippen molar-refractivity contribution in [1.29, 1.82) is 0 Å². The van der Waals surface area contributed by atoms with E-state index in [1.54, 1.807) is 24.3 Å². The first-order valence-corrected chi connectivity index (χ1v) is 7.86. The maximum atomic E-state index is 12.1. The second-order valence-corrected chi connectivity index (χ2v) is 6.58. The van der Waals surface area contributed by atoms with Gasteiger partial charge in [-0.15, -0.1) is 0 Å². The van der Waals surface area contributed by atoms with Crippen LogP contribution in [0.3, 0.4) is 0 Å². The van der Waals surface area contributed by atoms with Gasteiger partial charge in [-0.2, -0.15) is 8.42 Å². The Morgan fingerprint density at radius 1 is 1.00 bits per heavy atom. The summed E-state index contributed by atoms with van der Waals surface area (Å²) in [5.41, 5.74) is 1.91. The number of hydrogen-bond acceptors (Lipinski definition) is 3. The first kappa shape index (κ1) is 14.1. The Balaban J connectivity index is 2.36. The van der Waals surface area contributed by atoms with E-state index in [1.807, 2.05) is 19.9 Å². The summed E-state index contributed by atoms with van der Waals surface area (Å²) in [5, 5.41) is 0. The third kappa shape index (κ3) is 3.16. The predicted octanol–water partition coefficient (Wildman–Crippen LogP) is 3.83. The van der Waals surface area contributed by atoms with Gasteiger partial charge in [-0.1, -0.05) is 29.8 Å². The summed E-state index contributed by atoms with van der Waals surface area (Å²) >= 11 is 3.33. The Bertz CT molecular complexity index is 691. The molecular formula is C14H13BrO3S. The summed E-state index contributed by atoms with van der Waals surface area (Å²) in [6.07, 6.45) is 0. The van der Waals surface area contributed by atoms with Crippen LogP contribution < -0.4 is 4.18 Å². The van der Waals surface area contributed by atoms with Crippen molar-refractivity contribution in [3.05, 3.63) is 58.1 Å². The molecule has 19 heavy (non-hydrogen) atoms. The SMILES string of the molecule is Cc1ccc(S(=O)(=O)Oc2cccc(C)c2Br)cc1. The number of aryl methyl sites for hydroxylation is 2. The molecule has 0 aliphatic heterocycles. The van der Waals surface area contributed by atoms with Gasteiger partial charge in [0.2, 0.25) is 0 Å². The van der Waals surface area contributed by atoms with E-state index < -0.39 is 10.1 Å². The molecule has 0 amide bonds. The zero-order valence-corrected chi connectivity index (χ0v) is 13.0. The Morgan fingerprint density at radius 2 is 1.63 bits per heavy atom. The molecule has 2 aromatic rings. The summed E-state index contributed by atoms with van der Waals surface area (Å²) in [6.45, 7) is 3.77. The van der Waals surface area contributed by atoms with Crippen LogP contribution in [0.25, 0.3) is 0 Å². The Kier molecular flexibility index (Phi) is 3.96. The standard InChI is InChI=1S/C14H13BrO3S/c1-10-6-8-12(9-7-10)19(16,17)18-13-5-3-4-11(2)14(13)15/h3-9H,1-2H3. The van der Waals surface area contributed by atoms with E-state index in [0.29, 0.717) is 10.2 Å². The molecule has 0 N–H and O–H groups in total. The van der Waals surface area contributed by atoms with Crippen molar-refractivity contribution in [1.82, 2.24) is 0 Å². The van der Waals surface area contributed by atoms with Crippen molar-refractivity contribution in [3.63, 3.8) is 0 Å². The monoisotopic (exact) mass is 340 g/mol. The van der Waals surface area contributed by atoms with Gasteiger partial charge in [0.05, 0.1) is 4.47 Å². The second kappa shape index (κ2) is 5.35. The zero-order chi connectivity index (χ0) is 14.0. The molecule has 100 valence electrons. The molecule has 2 aromatic carbocycles. The molecule has 0 atom stereocenters. The molecule has 0 aromatic heterocycles. The van der Waals surface area contributed by atoms with Crippen LogP contribution in [-0.2, 0) is 10.1 Å². The van der Waals surface area contributed by atoms with Gasteiger partial charge < -0.3 is 4.18 Å². The third-order valence-electron chi connectivity index (χ3n) is 2.67. The maximum absolute atomic E-state index is 12.1. The van der Waals surface area contributed by atoms with Crippen LogP contribution in [0.1, 0.15) is 11.1 Å². The molecule has 3 nitrogen and oxygen atoms in total. The summed E-state index contributed by atoms with van der Waals surface area (Å²) in [5.74, 6) is 0.292. The quantitative estimate of drug-likeness (QED) is 0.797. The molecule has 0 saturated carbocycles. The molecule has 0 fully saturated rings. The second-order valence-electron chi connectivity index (χ2n) is 4.24. The first-order chi connectivity index (χ1) is 8.90. The average molecular weight is 341 g/mol. The molecule has 0 bridgehead atoms. The van der Waals surface area contributed by atoms with Gasteiger partial charge in [0.25, 0.3) is 0 Å². The summed E-state index contributed by atoms with van der Waals surface area (Å²) < 4.78 is 30.1. The van der Waals surface area contributed by atoms with E-state index in [0.717, 1.165) is 11.1 Å². The van der Waals surface area contributed by atoms with Crippen LogP contribution in [0.5, 0.6) is 5.75 Å². The minimum Gasteiger partial charge on any atom is -0.378 e. The molecule has 0 aliphatic carbocycles. The van der Waals surface area contributed by atoms with Crippen LogP contribution in [0, 0.1) is 13.8 Å². The van der Waals surface area contributed by atoms with Crippen molar-refractivity contribution in [3.8, 4) is 5.75 Å². The molecule has 5 heteroatoms. The van der Waals surface area contributed by atoms with Crippen LogP contribution >= 0.6 is 15.9 Å². The van der Waals surface area contributed by atoms with Gasteiger partial charge in [-0.3, -0.25) is 0 Å². The molecule has 2 rings (SSSR count). The summed E-state index contributed by atoms with van der Waals surface area (Å²) in [4.78, 5) is 0.145. The largest absolute Gasteiger partial charge is 0.378 e. The Labute approximate surface area is 121 Å². The topological polar surface area (TPSA) is 43.4 Å². The van der Waals surface area contributed by atoms with Gasteiger partial charge in [-0.25, -0.2) is 0 Å². The van der Waals surface area contributed by atoms with E-state index in [2.05, 4.69) is 15.9 Å². The van der Waals surface area contributed by atoms with Gasteiger partial charge in [0.1, 0.15) is 4.90 Å². The minimum atomic E-state index is -3.80. The first-order valence-electron chi connectivity index (χ1n) is 5.66. The number of benzene rings is 2. The molecule has 0 radical (unpaired) electrons. The van der Waals surface area contributed by atoms with E-state index in [9.17, 15) is 8.42 Å². The highest BCUT2D eigenvalue weighted by Crippen LogP contribution is 2.30. The molecule has 0 spiro atoms. The number of hydrogen-bond donors (Lipinski definition) is 0. The summed E-state index contributed by atoms with van der Waals surface area (Å²) in [6, 6.07) is 11.8. The number of halogens is 1. The Morgan fingerprint density at radius 3 is 2.26 bits per heavy atom. The van der Waals surface area contributed by atoms with Crippen molar-refractivity contribution in [2.24, 2.45) is 0 Å². The lowest BCUT2D eigenvalue weighted by atomic mass is 10.2. The normalized spacial score (nSPS) is 11.3. The lowest BCUT2D eigenvalue weighted by Crippen LogP contribution is -2.10. The highest BCUT2D eigenvalue weighted by Gasteiger charge is 2.18. The lowest BCUT2D eigenvalue weighted by molar-refractivity contribution is 0.484. The van der Waals surface area contributed by atoms with E-state index >= 15 is 0 Å². The van der Waals surface area contributed by atoms with Gasteiger partial charge >= 0.3 is 10.1 Å². The van der Waals surface area contributed by atoms with Crippen LogP contribution in [-0.4, -0.2) is 8.42 Å². The van der Waals surface area contributed by atoms with E-state index in [-0.39, 0.29) is 4.90 Å². The van der Waals surface area contributed by atoms with Crippen molar-refractivity contribution >= 4 is 26.0 Å². The van der Waals surface area contributed by atoms with Gasteiger partial charge in [0, 0.05) is 0 Å². The zero-order valence-electron chi connectivity index (χ0n) is 10.6. The van der Waals surface area contributed by atoms with E-state index in [4.69, 9.17) is 4.18 Å². The molecule has 0 heterocycles. The fourth-order valence-electron chi connectivity index (χ4n) is 1.56. The van der Waals surface area contributed by atoms with Crippen molar-refractivity contribution in [2.75, 3.05) is 0 Å². The maximum Gasteiger partial charge on any atom is 0.339 e. The molecule has 0 saturated heterocycles. The number of rotatable bonds is 3. The van der Waals surface area contributed by atoms with Crippen molar-refractivity contribution < 1.29 is 12.6 Å². The van der Waals surface area contributed by atoms with Gasteiger partial charge in [-0.05, 0) is 53.5 Å². The minimum absolute atomic E-state index is 0.145. The fraction of sp³-hybridized carbons (Fsp3) is 0.143. The molecular weight excluding hydrogens is 328 g/mol. The Hall–Kier alpha value is -1.33. The van der Waals surface area contributed by atoms with Crippen LogP contribution in [0.4, 0.5) is 0 Å². The van der Waals surface area contributed by atoms with Crippen LogP contribution in [0.2, 0.25) is 0 Å². The highest BCUT2D eigenvalue weighted by molar-refractivity contribution is 9.10. The lowest BCUT2D eigenvalue weighted by Gasteiger charge is -2.10. The fourth-order valence-corrected chi connectivity index (χ4v) is 2.95. The van der Waals surface area contributed by atoms with Crippen LogP contribution in [0.15, 0.2) is 51.8 Å². The smallest absolute Gasteiger partial charge is 0.339 e. The molecule has 0 unspecified atom stereocenters. The third-order valence-corrected chi connectivity index (χ3v) is 4.93. The van der Waals surface area contributed by atoms with E-state index in [1.165, 1.54) is 12.1 Å². The summed E-state index contributed by atoms with van der Waals surface area (Å²) in [7, 11) is -3.80. The van der Waals surface area contributed by atoms with Gasteiger partial charge in [0.15, 0.2) is 5.75 Å². The average Bonchev–Trinajstić information content (AvgIpc) is 2.35. The predicted molar refractivity (Wildman–Crippen MR) is 77.9 cm³/mol. The molecule has 0 aliphatic rings.